The number of para-hydroxylation sites is 2. The van der Waals surface area contributed by atoms with Crippen LogP contribution in [0.1, 0.15) is 26.2 Å². The van der Waals surface area contributed by atoms with Gasteiger partial charge in [0.15, 0.2) is 0 Å². The second kappa shape index (κ2) is 5.00. The first-order valence-corrected chi connectivity index (χ1v) is 7.98. The first-order chi connectivity index (χ1) is 10.6. The van der Waals surface area contributed by atoms with Gasteiger partial charge in [-0.2, -0.15) is 0 Å². The molecule has 3 aliphatic rings. The number of amides is 2. The fourth-order valence-electron chi connectivity index (χ4n) is 3.47. The molecule has 1 aliphatic carbocycles. The minimum Gasteiger partial charge on any atom is -0.486 e. The molecule has 2 aliphatic heterocycles. The Morgan fingerprint density at radius 1 is 1.32 bits per heavy atom. The molecule has 2 fully saturated rings. The van der Waals surface area contributed by atoms with E-state index in [0.29, 0.717) is 18.9 Å². The third-order valence-corrected chi connectivity index (χ3v) is 4.81. The van der Waals surface area contributed by atoms with Crippen molar-refractivity contribution in [3.05, 3.63) is 24.3 Å². The third-order valence-electron chi connectivity index (χ3n) is 4.81. The topological polar surface area (TPSA) is 49.9 Å². The van der Waals surface area contributed by atoms with Crippen molar-refractivity contribution < 1.29 is 14.3 Å². The number of carbonyl (C=O) groups excluding carboxylic acids is 2. The van der Waals surface area contributed by atoms with E-state index in [0.717, 1.165) is 18.0 Å². The van der Waals surface area contributed by atoms with Gasteiger partial charge in [0.2, 0.25) is 11.8 Å². The molecule has 1 aromatic carbocycles. The molecule has 2 atom stereocenters. The van der Waals surface area contributed by atoms with Crippen molar-refractivity contribution in [2.75, 3.05) is 18.0 Å². The minimum absolute atomic E-state index is 0.0420. The lowest BCUT2D eigenvalue weighted by Crippen LogP contribution is -2.48. The minimum atomic E-state index is -0.380. The second-order valence-corrected chi connectivity index (χ2v) is 6.52. The summed E-state index contributed by atoms with van der Waals surface area (Å²) < 4.78 is 6.10. The predicted octanol–water partition coefficient (Wildman–Crippen LogP) is 1.81. The predicted molar refractivity (Wildman–Crippen MR) is 81.7 cm³/mol. The standard InChI is InChI=1S/C17H20N2O3/c1-11(20)18-10-13-8-15(18)17(21)19(9-12-6-7-12)14-4-2-3-5-16(14)22-13/h2-5,12-13,15H,6-10H2,1H3. The van der Waals surface area contributed by atoms with Gasteiger partial charge in [-0.05, 0) is 30.9 Å². The molecule has 2 unspecified atom stereocenters. The van der Waals surface area contributed by atoms with Gasteiger partial charge < -0.3 is 14.5 Å². The fourth-order valence-corrected chi connectivity index (χ4v) is 3.47. The number of ether oxygens (including phenoxy) is 1. The van der Waals surface area contributed by atoms with Crippen molar-refractivity contribution in [1.82, 2.24) is 4.90 Å². The van der Waals surface area contributed by atoms with Crippen LogP contribution >= 0.6 is 0 Å². The van der Waals surface area contributed by atoms with E-state index in [4.69, 9.17) is 4.74 Å². The van der Waals surface area contributed by atoms with Crippen molar-refractivity contribution in [2.24, 2.45) is 5.92 Å². The summed E-state index contributed by atoms with van der Waals surface area (Å²) in [6.07, 6.45) is 2.85. The molecule has 0 N–H and O–H groups in total. The van der Waals surface area contributed by atoms with Crippen LogP contribution in [-0.4, -0.2) is 41.9 Å². The van der Waals surface area contributed by atoms with Crippen molar-refractivity contribution in [3.8, 4) is 5.75 Å². The summed E-state index contributed by atoms with van der Waals surface area (Å²) >= 11 is 0. The first kappa shape index (κ1) is 13.6. The number of benzene rings is 1. The van der Waals surface area contributed by atoms with Crippen molar-refractivity contribution in [1.29, 1.82) is 0 Å². The fraction of sp³-hybridized carbons (Fsp3) is 0.529. The number of hydrogen-bond acceptors (Lipinski definition) is 3. The molecule has 116 valence electrons. The number of hydrogen-bond donors (Lipinski definition) is 0. The van der Waals surface area contributed by atoms with Crippen LogP contribution in [-0.2, 0) is 9.59 Å². The van der Waals surface area contributed by atoms with Crippen molar-refractivity contribution >= 4 is 17.5 Å². The summed E-state index contributed by atoms with van der Waals surface area (Å²) in [5, 5.41) is 0. The van der Waals surface area contributed by atoms with Gasteiger partial charge in [-0.25, -0.2) is 0 Å². The summed E-state index contributed by atoms with van der Waals surface area (Å²) in [7, 11) is 0. The molecule has 0 spiro atoms. The van der Waals surface area contributed by atoms with Crippen LogP contribution in [0, 0.1) is 5.92 Å². The summed E-state index contributed by atoms with van der Waals surface area (Å²) in [6.45, 7) is 2.75. The van der Waals surface area contributed by atoms with Gasteiger partial charge in [-0.3, -0.25) is 9.59 Å². The van der Waals surface area contributed by atoms with E-state index >= 15 is 0 Å². The Morgan fingerprint density at radius 3 is 2.82 bits per heavy atom. The highest BCUT2D eigenvalue weighted by Gasteiger charge is 2.44. The van der Waals surface area contributed by atoms with Gasteiger partial charge in [0.1, 0.15) is 17.9 Å². The first-order valence-electron chi connectivity index (χ1n) is 7.98. The Morgan fingerprint density at radius 2 is 2.09 bits per heavy atom. The average Bonchev–Trinajstić information content (AvgIpc) is 3.21. The van der Waals surface area contributed by atoms with E-state index in [9.17, 15) is 9.59 Å². The molecule has 5 nitrogen and oxygen atoms in total. The monoisotopic (exact) mass is 300 g/mol. The normalized spacial score (nSPS) is 27.0. The molecular weight excluding hydrogens is 280 g/mol. The van der Waals surface area contributed by atoms with Crippen LogP contribution in [0.25, 0.3) is 0 Å². The maximum Gasteiger partial charge on any atom is 0.250 e. The van der Waals surface area contributed by atoms with Crippen LogP contribution in [0.3, 0.4) is 0 Å². The Hall–Kier alpha value is -2.04. The molecule has 2 amide bonds. The largest absolute Gasteiger partial charge is 0.486 e. The number of fused-ring (bicyclic) bond motifs is 3. The Bertz CT molecular complexity index is 626. The lowest BCUT2D eigenvalue weighted by molar-refractivity contribution is -0.135. The zero-order valence-corrected chi connectivity index (χ0v) is 12.7. The second-order valence-electron chi connectivity index (χ2n) is 6.52. The Balaban J connectivity index is 1.75. The average molecular weight is 300 g/mol. The molecule has 1 saturated carbocycles. The highest BCUT2D eigenvalue weighted by molar-refractivity contribution is 6.00. The van der Waals surface area contributed by atoms with Gasteiger partial charge in [0.05, 0.1) is 12.2 Å². The molecule has 2 bridgehead atoms. The summed E-state index contributed by atoms with van der Waals surface area (Å²) in [4.78, 5) is 28.5. The van der Waals surface area contributed by atoms with Crippen LogP contribution in [0.2, 0.25) is 0 Å². The van der Waals surface area contributed by atoms with Crippen LogP contribution < -0.4 is 9.64 Å². The molecule has 0 radical (unpaired) electrons. The molecule has 1 saturated heterocycles. The van der Waals surface area contributed by atoms with Crippen molar-refractivity contribution in [3.63, 3.8) is 0 Å². The molecule has 2 heterocycles. The summed E-state index contributed by atoms with van der Waals surface area (Å²) in [5.41, 5.74) is 0.847. The smallest absolute Gasteiger partial charge is 0.250 e. The molecule has 4 rings (SSSR count). The summed E-state index contributed by atoms with van der Waals surface area (Å²) in [5.74, 6) is 1.33. The Kier molecular flexibility index (Phi) is 3.10. The number of rotatable bonds is 2. The number of carbonyl (C=O) groups is 2. The van der Waals surface area contributed by atoms with Crippen molar-refractivity contribution in [2.45, 2.75) is 38.3 Å². The molecule has 0 aromatic heterocycles. The van der Waals surface area contributed by atoms with Crippen LogP contribution in [0.15, 0.2) is 24.3 Å². The van der Waals surface area contributed by atoms with E-state index in [1.165, 1.54) is 19.8 Å². The molecule has 1 aromatic rings. The van der Waals surface area contributed by atoms with Gasteiger partial charge in [0.25, 0.3) is 0 Å². The quantitative estimate of drug-likeness (QED) is 0.837. The van der Waals surface area contributed by atoms with E-state index in [2.05, 4.69) is 0 Å². The third kappa shape index (κ3) is 2.25. The number of anilines is 1. The molecule has 5 heteroatoms. The Labute approximate surface area is 129 Å². The van der Waals surface area contributed by atoms with E-state index in [1.807, 2.05) is 29.2 Å². The summed E-state index contributed by atoms with van der Waals surface area (Å²) in [6, 6.07) is 7.34. The SMILES string of the molecule is CC(=O)N1CC2CC1C(=O)N(CC1CC1)c1ccccc1O2. The molecular formula is C17H20N2O3. The van der Waals surface area contributed by atoms with Gasteiger partial charge in [-0.15, -0.1) is 0 Å². The van der Waals surface area contributed by atoms with Crippen LogP contribution in [0.5, 0.6) is 5.75 Å². The molecule has 22 heavy (non-hydrogen) atoms. The van der Waals surface area contributed by atoms with Gasteiger partial charge in [-0.1, -0.05) is 12.1 Å². The number of nitrogens with zero attached hydrogens (tertiary/aromatic N) is 2. The van der Waals surface area contributed by atoms with E-state index < -0.39 is 0 Å². The van der Waals surface area contributed by atoms with E-state index in [-0.39, 0.29) is 24.0 Å². The highest BCUT2D eigenvalue weighted by Crippen LogP contribution is 2.39. The maximum atomic E-state index is 13.1. The zero-order chi connectivity index (χ0) is 15.3. The lowest BCUT2D eigenvalue weighted by Gasteiger charge is -2.31. The van der Waals surface area contributed by atoms with Crippen LogP contribution in [0.4, 0.5) is 5.69 Å². The number of likely N-dealkylation sites (tertiary alicyclic amines) is 1. The van der Waals surface area contributed by atoms with Gasteiger partial charge in [0, 0.05) is 19.9 Å². The van der Waals surface area contributed by atoms with Gasteiger partial charge >= 0.3 is 0 Å². The highest BCUT2D eigenvalue weighted by atomic mass is 16.5. The van der Waals surface area contributed by atoms with E-state index in [1.54, 1.807) is 4.90 Å². The zero-order valence-electron chi connectivity index (χ0n) is 12.7. The lowest BCUT2D eigenvalue weighted by atomic mass is 10.1. The maximum absolute atomic E-state index is 13.1.